The topological polar surface area (TPSA) is 106 Å². The minimum absolute atomic E-state index is 0.0591. The minimum atomic E-state index is -0.522. The van der Waals surface area contributed by atoms with Crippen molar-refractivity contribution >= 4 is 17.4 Å². The summed E-state index contributed by atoms with van der Waals surface area (Å²) in [6, 6.07) is 2.79. The van der Waals surface area contributed by atoms with E-state index < -0.39 is 10.8 Å². The molecule has 0 radical (unpaired) electrons. The van der Waals surface area contributed by atoms with Crippen LogP contribution >= 0.6 is 0 Å². The number of aromatic nitrogens is 3. The zero-order valence-electron chi connectivity index (χ0n) is 10.5. The van der Waals surface area contributed by atoms with Gasteiger partial charge in [-0.1, -0.05) is 0 Å². The molecule has 0 aliphatic carbocycles. The van der Waals surface area contributed by atoms with Crippen LogP contribution in [0.5, 0.6) is 0 Å². The molecule has 19 heavy (non-hydrogen) atoms. The monoisotopic (exact) mass is 263 g/mol. The van der Waals surface area contributed by atoms with Gasteiger partial charge in [0.2, 0.25) is 0 Å². The fourth-order valence-corrected chi connectivity index (χ4v) is 1.69. The van der Waals surface area contributed by atoms with E-state index in [0.29, 0.717) is 5.82 Å². The van der Waals surface area contributed by atoms with E-state index in [9.17, 15) is 14.9 Å². The van der Waals surface area contributed by atoms with E-state index >= 15 is 0 Å². The number of nitrogens with one attached hydrogen (secondary N) is 2. The van der Waals surface area contributed by atoms with Crippen LogP contribution in [0.4, 0.5) is 11.5 Å². The van der Waals surface area contributed by atoms with Crippen LogP contribution in [0.25, 0.3) is 0 Å². The summed E-state index contributed by atoms with van der Waals surface area (Å²) in [5.74, 6) is 0.00945. The Morgan fingerprint density at radius 2 is 2.32 bits per heavy atom. The number of carbonyl (C=O) groups excluding carboxylic acids is 1. The highest BCUT2D eigenvalue weighted by Crippen LogP contribution is 2.21. The van der Waals surface area contributed by atoms with Crippen molar-refractivity contribution in [1.29, 1.82) is 0 Å². The average molecular weight is 263 g/mol. The Bertz CT molecular complexity index is 600. The number of H-pyrrole nitrogens is 1. The molecule has 0 aliphatic rings. The Morgan fingerprint density at radius 1 is 1.58 bits per heavy atom. The lowest BCUT2D eigenvalue weighted by atomic mass is 10.3. The van der Waals surface area contributed by atoms with Crippen LogP contribution in [0, 0.1) is 10.1 Å². The number of anilines is 1. The third-order valence-corrected chi connectivity index (χ3v) is 2.58. The first-order valence-corrected chi connectivity index (χ1v) is 5.66. The second kappa shape index (κ2) is 4.92. The van der Waals surface area contributed by atoms with Crippen LogP contribution in [-0.2, 0) is 0 Å². The maximum Gasteiger partial charge on any atom is 0.287 e. The molecular formula is C11H13N5O3. The maximum atomic E-state index is 12.1. The zero-order chi connectivity index (χ0) is 14.0. The molecule has 2 N–H and O–H groups in total. The molecule has 2 aromatic rings. The first kappa shape index (κ1) is 12.8. The van der Waals surface area contributed by atoms with Gasteiger partial charge in [0, 0.05) is 18.2 Å². The van der Waals surface area contributed by atoms with E-state index in [-0.39, 0.29) is 17.4 Å². The Balaban J connectivity index is 2.32. The lowest BCUT2D eigenvalue weighted by Crippen LogP contribution is -2.17. The van der Waals surface area contributed by atoms with Crippen molar-refractivity contribution in [3.05, 3.63) is 40.3 Å². The lowest BCUT2D eigenvalue weighted by Gasteiger charge is -2.11. The summed E-state index contributed by atoms with van der Waals surface area (Å²) >= 11 is 0. The van der Waals surface area contributed by atoms with Gasteiger partial charge in [-0.3, -0.25) is 20.0 Å². The predicted molar refractivity (Wildman–Crippen MR) is 68.0 cm³/mol. The van der Waals surface area contributed by atoms with Crippen molar-refractivity contribution < 1.29 is 9.72 Å². The summed E-state index contributed by atoms with van der Waals surface area (Å²) in [6.07, 6.45) is 2.85. The van der Waals surface area contributed by atoms with Crippen molar-refractivity contribution in [2.24, 2.45) is 0 Å². The molecule has 0 fully saturated rings. The Labute approximate surface area is 108 Å². The van der Waals surface area contributed by atoms with Crippen LogP contribution in [0.15, 0.2) is 24.5 Å². The number of nitrogens with zero attached hydrogens (tertiary/aromatic N) is 3. The molecule has 2 rings (SSSR count). The smallest absolute Gasteiger partial charge is 0.287 e. The highest BCUT2D eigenvalue weighted by atomic mass is 16.6. The average Bonchev–Trinajstić information content (AvgIpc) is 2.96. The molecule has 0 saturated heterocycles. The largest absolute Gasteiger partial charge is 0.335 e. The van der Waals surface area contributed by atoms with E-state index in [2.05, 4.69) is 15.5 Å². The molecular weight excluding hydrogens is 250 g/mol. The quantitative estimate of drug-likeness (QED) is 0.649. The van der Waals surface area contributed by atoms with Crippen molar-refractivity contribution in [2.45, 2.75) is 19.9 Å². The molecule has 2 heterocycles. The summed E-state index contributed by atoms with van der Waals surface area (Å²) in [6.45, 7) is 3.69. The van der Waals surface area contributed by atoms with E-state index in [1.807, 2.05) is 13.8 Å². The van der Waals surface area contributed by atoms with Gasteiger partial charge in [-0.2, -0.15) is 5.10 Å². The number of amides is 1. The molecule has 8 nitrogen and oxygen atoms in total. The Kier molecular flexibility index (Phi) is 3.32. The number of nitro groups is 1. The summed E-state index contributed by atoms with van der Waals surface area (Å²) in [7, 11) is 0. The van der Waals surface area contributed by atoms with E-state index in [1.165, 1.54) is 18.5 Å². The molecule has 0 saturated carbocycles. The van der Waals surface area contributed by atoms with E-state index in [1.54, 1.807) is 10.6 Å². The summed E-state index contributed by atoms with van der Waals surface area (Å²) in [5, 5.41) is 19.7. The molecule has 2 aromatic heterocycles. The number of hydrogen-bond acceptors (Lipinski definition) is 4. The second-order valence-electron chi connectivity index (χ2n) is 4.27. The van der Waals surface area contributed by atoms with Gasteiger partial charge in [-0.25, -0.2) is 0 Å². The molecule has 1 amide bonds. The molecule has 100 valence electrons. The fraction of sp³-hybridized carbons (Fsp3) is 0.273. The van der Waals surface area contributed by atoms with Crippen molar-refractivity contribution in [3.63, 3.8) is 0 Å². The van der Waals surface area contributed by atoms with Crippen molar-refractivity contribution in [3.8, 4) is 0 Å². The molecule has 0 aliphatic heterocycles. The number of aromatic amines is 1. The van der Waals surface area contributed by atoms with Gasteiger partial charge < -0.3 is 9.88 Å². The summed E-state index contributed by atoms with van der Waals surface area (Å²) in [4.78, 5) is 22.3. The van der Waals surface area contributed by atoms with Gasteiger partial charge in [0.15, 0.2) is 0 Å². The van der Waals surface area contributed by atoms with Crippen molar-refractivity contribution in [1.82, 2.24) is 14.8 Å². The number of rotatable bonds is 4. The molecule has 0 atom stereocenters. The van der Waals surface area contributed by atoms with E-state index in [0.717, 1.165) is 0 Å². The van der Waals surface area contributed by atoms with Gasteiger partial charge in [-0.15, -0.1) is 0 Å². The molecule has 8 heteroatoms. The standard InChI is InChI=1S/C11H13N5O3/c1-7(2)15-6-8(16(18)19)5-9(15)11(17)13-10-3-4-12-14-10/h3-7H,1-2H3,(H2,12,13,14,17). The van der Waals surface area contributed by atoms with Crippen molar-refractivity contribution in [2.75, 3.05) is 5.32 Å². The first-order chi connectivity index (χ1) is 8.99. The van der Waals surface area contributed by atoms with Gasteiger partial charge in [-0.05, 0) is 13.8 Å². The highest BCUT2D eigenvalue weighted by Gasteiger charge is 2.21. The van der Waals surface area contributed by atoms with Gasteiger partial charge in [0.1, 0.15) is 11.5 Å². The highest BCUT2D eigenvalue weighted by molar-refractivity contribution is 6.03. The maximum absolute atomic E-state index is 12.1. The second-order valence-corrected chi connectivity index (χ2v) is 4.27. The summed E-state index contributed by atoms with van der Waals surface area (Å²) < 4.78 is 1.56. The van der Waals surface area contributed by atoms with Crippen LogP contribution in [0.3, 0.4) is 0 Å². The Hall–Kier alpha value is -2.64. The SMILES string of the molecule is CC(C)n1cc([N+](=O)[O-])cc1C(=O)Nc1ccn[nH]1. The fourth-order valence-electron chi connectivity index (χ4n) is 1.69. The van der Waals surface area contributed by atoms with Crippen LogP contribution in [0.2, 0.25) is 0 Å². The molecule has 0 aromatic carbocycles. The zero-order valence-corrected chi connectivity index (χ0v) is 10.5. The predicted octanol–water partition coefficient (Wildman–Crippen LogP) is 1.95. The third-order valence-electron chi connectivity index (χ3n) is 2.58. The molecule has 0 unspecified atom stereocenters. The normalized spacial score (nSPS) is 10.7. The van der Waals surface area contributed by atoms with Gasteiger partial charge in [0.05, 0.1) is 17.3 Å². The van der Waals surface area contributed by atoms with Gasteiger partial charge in [0.25, 0.3) is 11.6 Å². The van der Waals surface area contributed by atoms with Gasteiger partial charge >= 0.3 is 0 Å². The number of hydrogen-bond donors (Lipinski definition) is 2. The van der Waals surface area contributed by atoms with Crippen LogP contribution < -0.4 is 5.32 Å². The minimum Gasteiger partial charge on any atom is -0.335 e. The first-order valence-electron chi connectivity index (χ1n) is 5.66. The Morgan fingerprint density at radius 3 is 2.84 bits per heavy atom. The molecule has 0 spiro atoms. The lowest BCUT2D eigenvalue weighted by molar-refractivity contribution is -0.384. The van der Waals surface area contributed by atoms with E-state index in [4.69, 9.17) is 0 Å². The van der Waals surface area contributed by atoms with Crippen LogP contribution in [-0.4, -0.2) is 25.6 Å². The van der Waals surface area contributed by atoms with Crippen LogP contribution in [0.1, 0.15) is 30.4 Å². The third kappa shape index (κ3) is 2.62. The number of carbonyl (C=O) groups is 1. The molecule has 0 bridgehead atoms. The summed E-state index contributed by atoms with van der Waals surface area (Å²) in [5.41, 5.74) is 0.125.